The monoisotopic (exact) mass is 267 g/mol. The predicted molar refractivity (Wildman–Crippen MR) is 68.1 cm³/mol. The van der Waals surface area contributed by atoms with Crippen molar-refractivity contribution in [3.05, 3.63) is 28.8 Å². The molecule has 5 heteroatoms. The Hall–Kier alpha value is -1.55. The fourth-order valence-corrected chi connectivity index (χ4v) is 2.18. The number of ketones is 1. The first-order chi connectivity index (χ1) is 8.61. The number of halogens is 1. The van der Waals surface area contributed by atoms with Crippen LogP contribution in [0.4, 0.5) is 0 Å². The Morgan fingerprint density at radius 2 is 2.00 bits per heavy atom. The van der Waals surface area contributed by atoms with E-state index in [1.54, 1.807) is 30.2 Å². The summed E-state index contributed by atoms with van der Waals surface area (Å²) in [4.78, 5) is 25.0. The zero-order valence-corrected chi connectivity index (χ0v) is 10.9. The molecule has 0 radical (unpaired) electrons. The van der Waals surface area contributed by atoms with Crippen LogP contribution in [-0.2, 0) is 4.79 Å². The maximum atomic E-state index is 12.2. The molecular weight excluding hydrogens is 254 g/mol. The number of piperidine rings is 1. The number of amides is 1. The lowest BCUT2D eigenvalue weighted by Crippen LogP contribution is -2.38. The van der Waals surface area contributed by atoms with Gasteiger partial charge in [-0.25, -0.2) is 0 Å². The third-order valence-corrected chi connectivity index (χ3v) is 3.33. The molecule has 0 saturated carbocycles. The molecule has 1 saturated heterocycles. The average Bonchev–Trinajstić information content (AvgIpc) is 2.38. The maximum absolute atomic E-state index is 12.2. The minimum atomic E-state index is -0.129. The van der Waals surface area contributed by atoms with Gasteiger partial charge in [0, 0.05) is 25.9 Å². The lowest BCUT2D eigenvalue weighted by Gasteiger charge is -2.26. The van der Waals surface area contributed by atoms with Crippen molar-refractivity contribution < 1.29 is 14.3 Å². The van der Waals surface area contributed by atoms with E-state index in [0.717, 1.165) is 0 Å². The molecule has 0 bridgehead atoms. The first kappa shape index (κ1) is 12.9. The van der Waals surface area contributed by atoms with Crippen LogP contribution in [-0.4, -0.2) is 36.8 Å². The summed E-state index contributed by atoms with van der Waals surface area (Å²) in [7, 11) is 1.55. The number of Topliss-reactive ketones (excluding diaryl/α,β-unsaturated/α-hetero) is 1. The molecule has 1 heterocycles. The molecular formula is C13H14ClNO3. The molecule has 2 rings (SSSR count). The third-order valence-electron chi connectivity index (χ3n) is 3.01. The van der Waals surface area contributed by atoms with Crippen molar-refractivity contribution in [2.75, 3.05) is 20.2 Å². The zero-order chi connectivity index (χ0) is 13.1. The molecule has 1 aromatic carbocycles. The van der Waals surface area contributed by atoms with E-state index in [1.807, 2.05) is 0 Å². The number of hydrogen-bond donors (Lipinski definition) is 0. The second kappa shape index (κ2) is 5.40. The van der Waals surface area contributed by atoms with Crippen LogP contribution in [0.5, 0.6) is 5.75 Å². The van der Waals surface area contributed by atoms with Gasteiger partial charge in [0.25, 0.3) is 5.91 Å². The van der Waals surface area contributed by atoms with Gasteiger partial charge >= 0.3 is 0 Å². The summed E-state index contributed by atoms with van der Waals surface area (Å²) in [6.07, 6.45) is 0.860. The largest absolute Gasteiger partial charge is 0.497 e. The molecule has 0 unspecified atom stereocenters. The predicted octanol–water partition coefficient (Wildman–Crippen LogP) is 2.15. The molecule has 1 fully saturated rings. The van der Waals surface area contributed by atoms with Crippen LogP contribution in [0.15, 0.2) is 18.2 Å². The van der Waals surface area contributed by atoms with E-state index >= 15 is 0 Å². The Balaban J connectivity index is 2.16. The van der Waals surface area contributed by atoms with Crippen LogP contribution in [0.25, 0.3) is 0 Å². The molecule has 96 valence electrons. The third kappa shape index (κ3) is 2.64. The zero-order valence-electron chi connectivity index (χ0n) is 10.1. The molecule has 1 aromatic rings. The van der Waals surface area contributed by atoms with E-state index in [1.165, 1.54) is 0 Å². The van der Waals surface area contributed by atoms with Crippen molar-refractivity contribution in [2.24, 2.45) is 0 Å². The average molecular weight is 268 g/mol. The summed E-state index contributed by atoms with van der Waals surface area (Å²) >= 11 is 6.06. The second-order valence-electron chi connectivity index (χ2n) is 4.18. The van der Waals surface area contributed by atoms with E-state index in [0.29, 0.717) is 42.3 Å². The van der Waals surface area contributed by atoms with Gasteiger partial charge in [-0.2, -0.15) is 0 Å². The number of carbonyl (C=O) groups excluding carboxylic acids is 2. The Bertz CT molecular complexity index is 477. The highest BCUT2D eigenvalue weighted by atomic mass is 35.5. The van der Waals surface area contributed by atoms with Crippen LogP contribution in [0.3, 0.4) is 0 Å². The van der Waals surface area contributed by atoms with Gasteiger partial charge in [-0.15, -0.1) is 0 Å². The fourth-order valence-electron chi connectivity index (χ4n) is 1.93. The van der Waals surface area contributed by atoms with Gasteiger partial charge in [-0.05, 0) is 18.2 Å². The van der Waals surface area contributed by atoms with Crippen molar-refractivity contribution >= 4 is 23.3 Å². The van der Waals surface area contributed by atoms with Gasteiger partial charge in [-0.3, -0.25) is 9.59 Å². The van der Waals surface area contributed by atoms with Crippen molar-refractivity contribution in [3.8, 4) is 5.75 Å². The first-order valence-corrected chi connectivity index (χ1v) is 6.14. The highest BCUT2D eigenvalue weighted by Crippen LogP contribution is 2.24. The topological polar surface area (TPSA) is 46.6 Å². The lowest BCUT2D eigenvalue weighted by molar-refractivity contribution is -0.120. The molecule has 18 heavy (non-hydrogen) atoms. The molecule has 0 spiro atoms. The summed E-state index contributed by atoms with van der Waals surface area (Å²) in [5, 5.41) is 0.372. The van der Waals surface area contributed by atoms with Gasteiger partial charge in [0.2, 0.25) is 0 Å². The van der Waals surface area contributed by atoms with Crippen LogP contribution in [0.1, 0.15) is 23.2 Å². The van der Waals surface area contributed by atoms with Gasteiger partial charge in [0.1, 0.15) is 11.5 Å². The minimum absolute atomic E-state index is 0.129. The van der Waals surface area contributed by atoms with E-state index in [4.69, 9.17) is 16.3 Å². The van der Waals surface area contributed by atoms with E-state index in [2.05, 4.69) is 0 Å². The van der Waals surface area contributed by atoms with Gasteiger partial charge in [0.05, 0.1) is 17.7 Å². The van der Waals surface area contributed by atoms with Gasteiger partial charge < -0.3 is 9.64 Å². The normalized spacial score (nSPS) is 15.7. The summed E-state index contributed by atoms with van der Waals surface area (Å²) in [6, 6.07) is 4.97. The molecule has 0 aliphatic carbocycles. The maximum Gasteiger partial charge on any atom is 0.255 e. The van der Waals surface area contributed by atoms with Crippen LogP contribution in [0, 0.1) is 0 Å². The summed E-state index contributed by atoms with van der Waals surface area (Å²) in [5.41, 5.74) is 0.451. The number of nitrogens with zero attached hydrogens (tertiary/aromatic N) is 1. The quantitative estimate of drug-likeness (QED) is 0.825. The minimum Gasteiger partial charge on any atom is -0.497 e. The van der Waals surface area contributed by atoms with E-state index in [9.17, 15) is 9.59 Å². The molecule has 0 aromatic heterocycles. The lowest BCUT2D eigenvalue weighted by atomic mass is 10.1. The Morgan fingerprint density at radius 3 is 2.56 bits per heavy atom. The summed E-state index contributed by atoms with van der Waals surface area (Å²) in [5.74, 6) is 0.695. The van der Waals surface area contributed by atoms with E-state index in [-0.39, 0.29) is 11.7 Å². The number of benzene rings is 1. The Labute approximate surface area is 110 Å². The molecule has 0 atom stereocenters. The standard InChI is InChI=1S/C13H14ClNO3/c1-18-10-2-3-11(12(14)8-10)13(17)15-6-4-9(16)5-7-15/h2-3,8H,4-7H2,1H3. The number of likely N-dealkylation sites (tertiary alicyclic amines) is 1. The number of ether oxygens (including phenoxy) is 1. The number of hydrogen-bond acceptors (Lipinski definition) is 3. The highest BCUT2D eigenvalue weighted by molar-refractivity contribution is 6.34. The SMILES string of the molecule is COc1ccc(C(=O)N2CCC(=O)CC2)c(Cl)c1. The molecule has 1 amide bonds. The van der Waals surface area contributed by atoms with Crippen molar-refractivity contribution in [1.82, 2.24) is 4.90 Å². The van der Waals surface area contributed by atoms with Crippen LogP contribution < -0.4 is 4.74 Å². The van der Waals surface area contributed by atoms with Crippen molar-refractivity contribution in [2.45, 2.75) is 12.8 Å². The van der Waals surface area contributed by atoms with E-state index < -0.39 is 0 Å². The number of carbonyl (C=O) groups is 2. The summed E-state index contributed by atoms with van der Waals surface area (Å²) in [6.45, 7) is 0.944. The highest BCUT2D eigenvalue weighted by Gasteiger charge is 2.23. The molecule has 1 aliphatic rings. The second-order valence-corrected chi connectivity index (χ2v) is 4.58. The fraction of sp³-hybridized carbons (Fsp3) is 0.385. The first-order valence-electron chi connectivity index (χ1n) is 5.76. The Kier molecular flexibility index (Phi) is 3.87. The van der Waals surface area contributed by atoms with Gasteiger partial charge in [-0.1, -0.05) is 11.6 Å². The smallest absolute Gasteiger partial charge is 0.255 e. The Morgan fingerprint density at radius 1 is 1.33 bits per heavy atom. The van der Waals surface area contributed by atoms with Crippen LogP contribution >= 0.6 is 11.6 Å². The molecule has 0 N–H and O–H groups in total. The molecule has 1 aliphatic heterocycles. The molecule has 4 nitrogen and oxygen atoms in total. The van der Waals surface area contributed by atoms with Crippen LogP contribution in [0.2, 0.25) is 5.02 Å². The summed E-state index contributed by atoms with van der Waals surface area (Å²) < 4.78 is 5.04. The number of methoxy groups -OCH3 is 1. The van der Waals surface area contributed by atoms with Gasteiger partial charge in [0.15, 0.2) is 0 Å². The van der Waals surface area contributed by atoms with Crippen molar-refractivity contribution in [1.29, 1.82) is 0 Å². The number of rotatable bonds is 2. The van der Waals surface area contributed by atoms with Crippen molar-refractivity contribution in [3.63, 3.8) is 0 Å².